The lowest BCUT2D eigenvalue weighted by Crippen LogP contribution is -2.40. The molecule has 2 fully saturated rings. The maximum absolute atomic E-state index is 12.6. The molecule has 1 aromatic rings. The molecule has 8 nitrogen and oxygen atoms in total. The van der Waals surface area contributed by atoms with Crippen molar-refractivity contribution in [1.82, 2.24) is 4.31 Å². The van der Waals surface area contributed by atoms with Gasteiger partial charge in [-0.2, -0.15) is 4.31 Å². The Labute approximate surface area is 171 Å². The fourth-order valence-corrected chi connectivity index (χ4v) is 5.08. The van der Waals surface area contributed by atoms with Crippen molar-refractivity contribution in [3.05, 3.63) is 24.3 Å². The molecule has 29 heavy (non-hydrogen) atoms. The number of rotatable bonds is 7. The first-order valence-electron chi connectivity index (χ1n) is 10.1. The van der Waals surface area contributed by atoms with Gasteiger partial charge in [0, 0.05) is 25.2 Å². The van der Waals surface area contributed by atoms with Gasteiger partial charge in [0.2, 0.25) is 10.0 Å². The number of hydrogen-bond acceptors (Lipinski definition) is 6. The zero-order valence-electron chi connectivity index (χ0n) is 16.5. The van der Waals surface area contributed by atoms with Crippen LogP contribution in [0.2, 0.25) is 0 Å². The molecule has 0 spiro atoms. The van der Waals surface area contributed by atoms with Gasteiger partial charge in [-0.15, -0.1) is 0 Å². The van der Waals surface area contributed by atoms with Gasteiger partial charge in [-0.25, -0.2) is 8.42 Å². The summed E-state index contributed by atoms with van der Waals surface area (Å²) in [5.74, 6) is -0.440. The van der Waals surface area contributed by atoms with Crippen LogP contribution in [-0.2, 0) is 29.1 Å². The highest BCUT2D eigenvalue weighted by Crippen LogP contribution is 2.26. The Kier molecular flexibility index (Phi) is 7.63. The van der Waals surface area contributed by atoms with Crippen LogP contribution in [0, 0.1) is 5.92 Å². The normalized spacial score (nSPS) is 18.9. The van der Waals surface area contributed by atoms with Crippen LogP contribution in [-0.4, -0.2) is 57.5 Å². The molecule has 1 aliphatic heterocycles. The van der Waals surface area contributed by atoms with Crippen molar-refractivity contribution in [3.8, 4) is 0 Å². The average molecular weight is 425 g/mol. The van der Waals surface area contributed by atoms with E-state index in [0.717, 1.165) is 25.7 Å². The molecule has 2 aliphatic rings. The lowest BCUT2D eigenvalue weighted by Gasteiger charge is -2.26. The first kappa shape index (κ1) is 21.7. The second kappa shape index (κ2) is 10.2. The first-order chi connectivity index (χ1) is 13.9. The summed E-state index contributed by atoms with van der Waals surface area (Å²) in [5.41, 5.74) is 0.444. The van der Waals surface area contributed by atoms with E-state index in [9.17, 15) is 18.0 Å². The van der Waals surface area contributed by atoms with Crippen molar-refractivity contribution in [2.75, 3.05) is 38.2 Å². The Morgan fingerprint density at radius 1 is 1.07 bits per heavy atom. The summed E-state index contributed by atoms with van der Waals surface area (Å²) in [6.07, 6.45) is 5.97. The molecule has 1 amide bonds. The van der Waals surface area contributed by atoms with E-state index in [2.05, 4.69) is 5.32 Å². The minimum Gasteiger partial charge on any atom is -0.456 e. The lowest BCUT2D eigenvalue weighted by molar-refractivity contribution is -0.148. The second-order valence-corrected chi connectivity index (χ2v) is 9.40. The molecule has 1 aliphatic carbocycles. The van der Waals surface area contributed by atoms with Crippen LogP contribution in [0.3, 0.4) is 0 Å². The molecule has 9 heteroatoms. The van der Waals surface area contributed by atoms with Crippen molar-refractivity contribution in [2.45, 2.75) is 43.4 Å². The van der Waals surface area contributed by atoms with Crippen LogP contribution in [0.1, 0.15) is 38.5 Å². The number of carbonyl (C=O) groups is 2. The number of sulfonamides is 1. The van der Waals surface area contributed by atoms with E-state index < -0.39 is 15.9 Å². The van der Waals surface area contributed by atoms with Gasteiger partial charge in [0.15, 0.2) is 6.61 Å². The molecule has 1 saturated heterocycles. The molecule has 1 heterocycles. The van der Waals surface area contributed by atoms with Crippen LogP contribution in [0.4, 0.5) is 5.69 Å². The molecule has 0 unspecified atom stereocenters. The molecule has 1 aromatic carbocycles. The van der Waals surface area contributed by atoms with E-state index in [4.69, 9.17) is 9.47 Å². The minimum atomic E-state index is -3.57. The number of benzene rings is 1. The number of esters is 1. The predicted molar refractivity (Wildman–Crippen MR) is 107 cm³/mol. The molecule has 3 rings (SSSR count). The topological polar surface area (TPSA) is 102 Å². The monoisotopic (exact) mass is 424 g/mol. The highest BCUT2D eigenvalue weighted by Gasteiger charge is 2.26. The smallest absolute Gasteiger partial charge is 0.306 e. The molecule has 0 aromatic heterocycles. The number of anilines is 1. The van der Waals surface area contributed by atoms with Gasteiger partial charge >= 0.3 is 5.97 Å². The Morgan fingerprint density at radius 3 is 2.38 bits per heavy atom. The van der Waals surface area contributed by atoms with Gasteiger partial charge < -0.3 is 14.8 Å². The SMILES string of the molecule is O=C(COC(=O)CC1CCCCC1)Nc1ccc(S(=O)(=O)N2CCOCC2)cc1. The number of nitrogens with one attached hydrogen (secondary N) is 1. The number of hydrogen-bond donors (Lipinski definition) is 1. The van der Waals surface area contributed by atoms with Gasteiger partial charge in [0.05, 0.1) is 18.1 Å². The highest BCUT2D eigenvalue weighted by molar-refractivity contribution is 7.89. The number of nitrogens with zero attached hydrogens (tertiary/aromatic N) is 1. The summed E-state index contributed by atoms with van der Waals surface area (Å²) in [6, 6.07) is 5.95. The third-order valence-corrected chi connectivity index (χ3v) is 7.20. The summed E-state index contributed by atoms with van der Waals surface area (Å²) in [4.78, 5) is 24.1. The number of amides is 1. The van der Waals surface area contributed by atoms with Crippen LogP contribution >= 0.6 is 0 Å². The van der Waals surface area contributed by atoms with Gasteiger partial charge in [0.25, 0.3) is 5.91 Å². The Bertz CT molecular complexity index is 797. The number of ether oxygens (including phenoxy) is 2. The van der Waals surface area contributed by atoms with E-state index in [1.165, 1.54) is 35.0 Å². The van der Waals surface area contributed by atoms with Crippen molar-refractivity contribution < 1.29 is 27.5 Å². The zero-order valence-corrected chi connectivity index (χ0v) is 17.3. The van der Waals surface area contributed by atoms with Crippen molar-refractivity contribution in [3.63, 3.8) is 0 Å². The largest absolute Gasteiger partial charge is 0.456 e. The van der Waals surface area contributed by atoms with E-state index in [0.29, 0.717) is 44.3 Å². The second-order valence-electron chi connectivity index (χ2n) is 7.46. The van der Waals surface area contributed by atoms with Crippen LogP contribution in [0.15, 0.2) is 29.2 Å². The maximum Gasteiger partial charge on any atom is 0.306 e. The van der Waals surface area contributed by atoms with Crippen molar-refractivity contribution >= 4 is 27.6 Å². The number of morpholine rings is 1. The van der Waals surface area contributed by atoms with Crippen molar-refractivity contribution in [1.29, 1.82) is 0 Å². The van der Waals surface area contributed by atoms with Gasteiger partial charge in [-0.1, -0.05) is 19.3 Å². The third kappa shape index (κ3) is 6.25. The molecule has 160 valence electrons. The van der Waals surface area contributed by atoms with E-state index in [1.54, 1.807) is 0 Å². The van der Waals surface area contributed by atoms with Crippen molar-refractivity contribution in [2.24, 2.45) is 5.92 Å². The fourth-order valence-electron chi connectivity index (χ4n) is 3.68. The van der Waals surface area contributed by atoms with E-state index >= 15 is 0 Å². The quantitative estimate of drug-likeness (QED) is 0.673. The number of carbonyl (C=O) groups excluding carboxylic acids is 2. The highest BCUT2D eigenvalue weighted by atomic mass is 32.2. The molecule has 0 radical (unpaired) electrons. The summed E-state index contributed by atoms with van der Waals surface area (Å²) in [5, 5.41) is 2.61. The summed E-state index contributed by atoms with van der Waals surface area (Å²) < 4.78 is 36.8. The Hall–Kier alpha value is -1.97. The maximum atomic E-state index is 12.6. The van der Waals surface area contributed by atoms with Crippen LogP contribution < -0.4 is 5.32 Å². The van der Waals surface area contributed by atoms with Crippen LogP contribution in [0.5, 0.6) is 0 Å². The predicted octanol–water partition coefficient (Wildman–Crippen LogP) is 2.16. The van der Waals surface area contributed by atoms with E-state index in [1.807, 2.05) is 0 Å². The summed E-state index contributed by atoms with van der Waals surface area (Å²) in [6.45, 7) is 1.07. The Morgan fingerprint density at radius 2 is 1.72 bits per heavy atom. The first-order valence-corrected chi connectivity index (χ1v) is 11.5. The van der Waals surface area contributed by atoms with E-state index in [-0.39, 0.29) is 17.5 Å². The average Bonchev–Trinajstić information content (AvgIpc) is 2.74. The lowest BCUT2D eigenvalue weighted by atomic mass is 9.87. The summed E-state index contributed by atoms with van der Waals surface area (Å²) in [7, 11) is -3.57. The van der Waals surface area contributed by atoms with Gasteiger partial charge in [-0.05, 0) is 43.0 Å². The minimum absolute atomic E-state index is 0.163. The van der Waals surface area contributed by atoms with Crippen LogP contribution in [0.25, 0.3) is 0 Å². The molecule has 1 N–H and O–H groups in total. The summed E-state index contributed by atoms with van der Waals surface area (Å²) >= 11 is 0. The molecular weight excluding hydrogens is 396 g/mol. The van der Waals surface area contributed by atoms with Gasteiger partial charge in [-0.3, -0.25) is 9.59 Å². The molecular formula is C20H28N2O6S. The third-order valence-electron chi connectivity index (χ3n) is 5.29. The Balaban J connectivity index is 1.46. The van der Waals surface area contributed by atoms with Gasteiger partial charge in [0.1, 0.15) is 0 Å². The standard InChI is InChI=1S/C20H28N2O6S/c23-19(15-28-20(24)14-16-4-2-1-3-5-16)21-17-6-8-18(9-7-17)29(25,26)22-10-12-27-13-11-22/h6-9,16H,1-5,10-15H2,(H,21,23). The molecule has 0 bridgehead atoms. The fraction of sp³-hybridized carbons (Fsp3) is 0.600. The zero-order chi connectivity index (χ0) is 20.7. The molecule has 1 saturated carbocycles. The molecule has 0 atom stereocenters.